The van der Waals surface area contributed by atoms with Gasteiger partial charge in [0, 0.05) is 0 Å². The molecule has 13 heavy (non-hydrogen) atoms. The fourth-order valence-corrected chi connectivity index (χ4v) is 3.19. The predicted octanol–water partition coefficient (Wildman–Crippen LogP) is 2.74. The van der Waals surface area contributed by atoms with Gasteiger partial charge < -0.3 is 4.74 Å². The molecule has 0 radical (unpaired) electrons. The molecule has 0 aliphatic carbocycles. The van der Waals surface area contributed by atoms with E-state index in [4.69, 9.17) is 4.74 Å². The maximum absolute atomic E-state index is 5.14. The van der Waals surface area contributed by atoms with Gasteiger partial charge in [-0.15, -0.1) is 11.3 Å². The second kappa shape index (κ2) is 2.97. The zero-order valence-electron chi connectivity index (χ0n) is 6.77. The van der Waals surface area contributed by atoms with Crippen LogP contribution in [0.2, 0.25) is 0 Å². The Balaban J connectivity index is 2.00. The van der Waals surface area contributed by atoms with Gasteiger partial charge in [-0.3, -0.25) is 0 Å². The third kappa shape index (κ3) is 1.57. The molecule has 0 amide bonds. The Bertz CT molecular complexity index is 403. The fraction of sp³-hybridized carbons (Fsp3) is 0.222. The number of thioether (sulfide) groups is 1. The number of rotatable bonds is 2. The minimum absolute atomic E-state index is 0.362. The van der Waals surface area contributed by atoms with Crippen molar-refractivity contribution in [3.05, 3.63) is 24.3 Å². The lowest BCUT2D eigenvalue weighted by Crippen LogP contribution is -1.73. The number of epoxide rings is 1. The van der Waals surface area contributed by atoms with Crippen LogP contribution >= 0.6 is 23.1 Å². The zero-order valence-corrected chi connectivity index (χ0v) is 8.40. The largest absolute Gasteiger partial charge is 0.361 e. The van der Waals surface area contributed by atoms with Crippen molar-refractivity contribution in [1.82, 2.24) is 4.98 Å². The Morgan fingerprint density at radius 1 is 1.46 bits per heavy atom. The minimum Gasteiger partial charge on any atom is -0.361 e. The number of aromatic nitrogens is 1. The van der Waals surface area contributed by atoms with Gasteiger partial charge >= 0.3 is 0 Å². The molecule has 1 aliphatic rings. The van der Waals surface area contributed by atoms with E-state index in [-0.39, 0.29) is 0 Å². The summed E-state index contributed by atoms with van der Waals surface area (Å²) in [6, 6.07) is 8.21. The lowest BCUT2D eigenvalue weighted by molar-refractivity contribution is 0.460. The number of fused-ring (bicyclic) bond motifs is 1. The first-order valence-electron chi connectivity index (χ1n) is 4.06. The van der Waals surface area contributed by atoms with E-state index in [1.165, 1.54) is 4.70 Å². The normalized spacial score (nSPS) is 20.8. The van der Waals surface area contributed by atoms with E-state index in [0.29, 0.717) is 5.44 Å². The average Bonchev–Trinajstić information content (AvgIpc) is 2.85. The first-order chi connectivity index (χ1) is 6.42. The molecule has 2 aromatic rings. The van der Waals surface area contributed by atoms with E-state index in [0.717, 1.165) is 16.5 Å². The lowest BCUT2D eigenvalue weighted by Gasteiger charge is -1.85. The van der Waals surface area contributed by atoms with E-state index in [1.807, 2.05) is 18.2 Å². The summed E-state index contributed by atoms with van der Waals surface area (Å²) < 4.78 is 7.51. The summed E-state index contributed by atoms with van der Waals surface area (Å²) in [4.78, 5) is 4.49. The summed E-state index contributed by atoms with van der Waals surface area (Å²) in [6.45, 7) is 0.876. The van der Waals surface area contributed by atoms with E-state index >= 15 is 0 Å². The van der Waals surface area contributed by atoms with Crippen LogP contribution in [-0.4, -0.2) is 17.0 Å². The molecular formula is C9H7NOS2. The molecule has 0 spiro atoms. The first kappa shape index (κ1) is 7.79. The summed E-state index contributed by atoms with van der Waals surface area (Å²) in [7, 11) is 0. The molecule has 1 aromatic carbocycles. The summed E-state index contributed by atoms with van der Waals surface area (Å²) in [5, 5.41) is 0. The molecule has 1 fully saturated rings. The van der Waals surface area contributed by atoms with Gasteiger partial charge in [0.15, 0.2) is 4.34 Å². The van der Waals surface area contributed by atoms with Crippen LogP contribution in [0.4, 0.5) is 0 Å². The van der Waals surface area contributed by atoms with Crippen molar-refractivity contribution < 1.29 is 4.74 Å². The molecule has 1 aliphatic heterocycles. The SMILES string of the molecule is c1ccc2sc(S[C@H]3CO3)nc2c1. The Kier molecular flexibility index (Phi) is 1.78. The molecule has 0 saturated carbocycles. The van der Waals surface area contributed by atoms with Gasteiger partial charge in [-0.25, -0.2) is 4.98 Å². The highest BCUT2D eigenvalue weighted by atomic mass is 32.2. The van der Waals surface area contributed by atoms with Gasteiger partial charge in [0.2, 0.25) is 0 Å². The van der Waals surface area contributed by atoms with Crippen LogP contribution in [0.25, 0.3) is 10.2 Å². The number of hydrogen-bond acceptors (Lipinski definition) is 4. The standard InChI is InChI=1S/C9H7NOS2/c1-2-4-7-6(3-1)10-9(12-7)13-8-5-11-8/h1-4,8H,5H2/t8-/m0/s1. The molecule has 2 nitrogen and oxygen atoms in total. The van der Waals surface area contributed by atoms with Gasteiger partial charge in [0.25, 0.3) is 0 Å². The number of para-hydroxylation sites is 1. The molecule has 1 atom stereocenters. The Hall–Kier alpha value is -0.580. The lowest BCUT2D eigenvalue weighted by atomic mass is 10.3. The fourth-order valence-electron chi connectivity index (χ4n) is 1.12. The monoisotopic (exact) mass is 209 g/mol. The number of ether oxygens (including phenoxy) is 1. The van der Waals surface area contributed by atoms with Crippen LogP contribution < -0.4 is 0 Å². The van der Waals surface area contributed by atoms with Crippen LogP contribution in [0.3, 0.4) is 0 Å². The Morgan fingerprint density at radius 3 is 3.08 bits per heavy atom. The highest BCUT2D eigenvalue weighted by Crippen LogP contribution is 2.36. The topological polar surface area (TPSA) is 25.4 Å². The molecule has 66 valence electrons. The van der Waals surface area contributed by atoms with Gasteiger partial charge in [0.05, 0.1) is 16.8 Å². The highest BCUT2D eigenvalue weighted by Gasteiger charge is 2.25. The molecular weight excluding hydrogens is 202 g/mol. The Morgan fingerprint density at radius 2 is 2.31 bits per heavy atom. The van der Waals surface area contributed by atoms with Crippen molar-refractivity contribution in [2.75, 3.05) is 6.61 Å². The molecule has 4 heteroatoms. The van der Waals surface area contributed by atoms with Crippen molar-refractivity contribution >= 4 is 33.3 Å². The van der Waals surface area contributed by atoms with Crippen molar-refractivity contribution in [3.63, 3.8) is 0 Å². The van der Waals surface area contributed by atoms with E-state index in [9.17, 15) is 0 Å². The van der Waals surface area contributed by atoms with Crippen LogP contribution in [0.5, 0.6) is 0 Å². The van der Waals surface area contributed by atoms with E-state index in [2.05, 4.69) is 11.1 Å². The van der Waals surface area contributed by atoms with E-state index < -0.39 is 0 Å². The average molecular weight is 209 g/mol. The Labute approximate surface area is 83.9 Å². The predicted molar refractivity (Wildman–Crippen MR) is 55.2 cm³/mol. The van der Waals surface area contributed by atoms with Gasteiger partial charge in [-0.2, -0.15) is 0 Å². The number of hydrogen-bond donors (Lipinski definition) is 0. The quantitative estimate of drug-likeness (QED) is 0.711. The number of nitrogens with zero attached hydrogens (tertiary/aromatic N) is 1. The molecule has 2 heterocycles. The smallest absolute Gasteiger partial charge is 0.153 e. The maximum atomic E-state index is 5.14. The molecule has 1 saturated heterocycles. The maximum Gasteiger partial charge on any atom is 0.153 e. The zero-order chi connectivity index (χ0) is 8.67. The molecule has 0 unspecified atom stereocenters. The van der Waals surface area contributed by atoms with Gasteiger partial charge in [-0.05, 0) is 12.1 Å². The first-order valence-corrected chi connectivity index (χ1v) is 5.75. The van der Waals surface area contributed by atoms with Crippen molar-refractivity contribution in [3.8, 4) is 0 Å². The van der Waals surface area contributed by atoms with Crippen LogP contribution in [0.15, 0.2) is 28.6 Å². The molecule has 1 aromatic heterocycles. The summed E-state index contributed by atoms with van der Waals surface area (Å²) in [5.74, 6) is 0. The number of thiazole rings is 1. The minimum atomic E-state index is 0.362. The molecule has 3 rings (SSSR count). The summed E-state index contributed by atoms with van der Waals surface area (Å²) in [5.41, 5.74) is 1.45. The third-order valence-corrected chi connectivity index (χ3v) is 4.01. The van der Waals surface area contributed by atoms with Crippen molar-refractivity contribution in [2.24, 2.45) is 0 Å². The third-order valence-electron chi connectivity index (χ3n) is 1.81. The summed E-state index contributed by atoms with van der Waals surface area (Å²) in [6.07, 6.45) is 0. The summed E-state index contributed by atoms with van der Waals surface area (Å²) >= 11 is 3.46. The van der Waals surface area contributed by atoms with Crippen LogP contribution in [0.1, 0.15) is 0 Å². The number of benzene rings is 1. The van der Waals surface area contributed by atoms with Crippen LogP contribution in [0, 0.1) is 0 Å². The second-order valence-corrected chi connectivity index (χ2v) is 5.27. The second-order valence-electron chi connectivity index (χ2n) is 2.83. The van der Waals surface area contributed by atoms with Crippen molar-refractivity contribution in [2.45, 2.75) is 9.78 Å². The van der Waals surface area contributed by atoms with Crippen molar-refractivity contribution in [1.29, 1.82) is 0 Å². The van der Waals surface area contributed by atoms with Gasteiger partial charge in [-0.1, -0.05) is 23.9 Å². The van der Waals surface area contributed by atoms with Crippen LogP contribution in [-0.2, 0) is 4.74 Å². The van der Waals surface area contributed by atoms with E-state index in [1.54, 1.807) is 23.1 Å². The van der Waals surface area contributed by atoms with Gasteiger partial charge in [0.1, 0.15) is 5.44 Å². The molecule has 0 N–H and O–H groups in total. The molecule has 0 bridgehead atoms. The highest BCUT2D eigenvalue weighted by molar-refractivity contribution is 8.01.